The standard InChI is InChI=1S/C16H22N6O2/c23-16(12-3-6-24-8-12)17-7-11-1-4-22(5-2-11)15-13-14(19-9-18-13)20-10-21-15/h9-12H,1-8H2,(H,17,23)(H,18,19,20,21). The molecule has 0 aliphatic carbocycles. The fourth-order valence-corrected chi connectivity index (χ4v) is 3.47. The number of anilines is 1. The highest BCUT2D eigenvalue weighted by molar-refractivity contribution is 5.82. The van der Waals surface area contributed by atoms with Gasteiger partial charge in [-0.25, -0.2) is 15.0 Å². The molecule has 2 fully saturated rings. The Balaban J connectivity index is 1.30. The van der Waals surface area contributed by atoms with Crippen molar-refractivity contribution in [3.63, 3.8) is 0 Å². The summed E-state index contributed by atoms with van der Waals surface area (Å²) >= 11 is 0. The van der Waals surface area contributed by atoms with Gasteiger partial charge in [0, 0.05) is 26.2 Å². The molecule has 2 saturated heterocycles. The van der Waals surface area contributed by atoms with Crippen molar-refractivity contribution >= 4 is 22.9 Å². The Morgan fingerprint density at radius 2 is 2.17 bits per heavy atom. The van der Waals surface area contributed by atoms with Crippen LogP contribution in [0.15, 0.2) is 12.7 Å². The van der Waals surface area contributed by atoms with E-state index in [2.05, 4.69) is 30.2 Å². The van der Waals surface area contributed by atoms with Crippen LogP contribution >= 0.6 is 0 Å². The van der Waals surface area contributed by atoms with Gasteiger partial charge in [0.25, 0.3) is 0 Å². The van der Waals surface area contributed by atoms with E-state index < -0.39 is 0 Å². The normalized spacial score (nSPS) is 22.2. The molecule has 128 valence electrons. The van der Waals surface area contributed by atoms with Crippen LogP contribution in [-0.2, 0) is 9.53 Å². The Hall–Kier alpha value is -2.22. The number of imidazole rings is 1. The van der Waals surface area contributed by atoms with Crippen molar-refractivity contribution < 1.29 is 9.53 Å². The molecule has 0 aromatic carbocycles. The molecule has 2 N–H and O–H groups in total. The van der Waals surface area contributed by atoms with Gasteiger partial charge >= 0.3 is 0 Å². The van der Waals surface area contributed by atoms with Gasteiger partial charge in [-0.3, -0.25) is 4.79 Å². The molecule has 24 heavy (non-hydrogen) atoms. The lowest BCUT2D eigenvalue weighted by Gasteiger charge is -2.33. The molecule has 2 aliphatic heterocycles. The van der Waals surface area contributed by atoms with E-state index in [-0.39, 0.29) is 11.8 Å². The lowest BCUT2D eigenvalue weighted by atomic mass is 9.96. The van der Waals surface area contributed by atoms with Gasteiger partial charge in [-0.15, -0.1) is 0 Å². The number of nitrogens with one attached hydrogen (secondary N) is 2. The van der Waals surface area contributed by atoms with Crippen molar-refractivity contribution in [2.24, 2.45) is 11.8 Å². The first-order valence-electron chi connectivity index (χ1n) is 8.56. The Morgan fingerprint density at radius 1 is 1.29 bits per heavy atom. The molecule has 1 amide bonds. The van der Waals surface area contributed by atoms with Crippen molar-refractivity contribution in [1.82, 2.24) is 25.3 Å². The van der Waals surface area contributed by atoms with E-state index in [0.29, 0.717) is 24.8 Å². The number of ether oxygens (including phenoxy) is 1. The van der Waals surface area contributed by atoms with Gasteiger partial charge in [-0.05, 0) is 25.2 Å². The maximum atomic E-state index is 12.1. The highest BCUT2D eigenvalue weighted by Gasteiger charge is 2.26. The Bertz CT molecular complexity index is 703. The Morgan fingerprint density at radius 3 is 2.96 bits per heavy atom. The molecule has 1 atom stereocenters. The minimum atomic E-state index is 0.0415. The number of aromatic amines is 1. The molecule has 2 aromatic heterocycles. The molecule has 2 aliphatic rings. The molecule has 0 spiro atoms. The van der Waals surface area contributed by atoms with Crippen molar-refractivity contribution in [3.8, 4) is 0 Å². The van der Waals surface area contributed by atoms with Gasteiger partial charge in [0.15, 0.2) is 11.5 Å². The second kappa shape index (κ2) is 6.72. The van der Waals surface area contributed by atoms with E-state index >= 15 is 0 Å². The number of aromatic nitrogens is 4. The number of hydrogen-bond acceptors (Lipinski definition) is 6. The van der Waals surface area contributed by atoms with Crippen LogP contribution in [0, 0.1) is 11.8 Å². The van der Waals surface area contributed by atoms with Crippen LogP contribution in [0.5, 0.6) is 0 Å². The predicted molar refractivity (Wildman–Crippen MR) is 88.6 cm³/mol. The average molecular weight is 330 g/mol. The number of piperidine rings is 1. The molecular weight excluding hydrogens is 308 g/mol. The third-order valence-corrected chi connectivity index (χ3v) is 4.98. The number of rotatable bonds is 4. The van der Waals surface area contributed by atoms with Crippen LogP contribution in [0.1, 0.15) is 19.3 Å². The quantitative estimate of drug-likeness (QED) is 0.858. The van der Waals surface area contributed by atoms with Gasteiger partial charge in [0.2, 0.25) is 5.91 Å². The molecule has 1 unspecified atom stereocenters. The van der Waals surface area contributed by atoms with E-state index in [1.165, 1.54) is 0 Å². The number of carbonyl (C=O) groups is 1. The molecular formula is C16H22N6O2. The van der Waals surface area contributed by atoms with Crippen molar-refractivity contribution in [1.29, 1.82) is 0 Å². The molecule has 0 radical (unpaired) electrons. The number of amides is 1. The largest absolute Gasteiger partial charge is 0.381 e. The molecule has 4 rings (SSSR count). The summed E-state index contributed by atoms with van der Waals surface area (Å²) in [5.41, 5.74) is 1.60. The van der Waals surface area contributed by atoms with Crippen molar-refractivity contribution in [3.05, 3.63) is 12.7 Å². The number of hydrogen-bond donors (Lipinski definition) is 2. The monoisotopic (exact) mass is 330 g/mol. The number of H-pyrrole nitrogens is 1. The van der Waals surface area contributed by atoms with Crippen LogP contribution in [0.3, 0.4) is 0 Å². The lowest BCUT2D eigenvalue weighted by Crippen LogP contribution is -2.40. The topological polar surface area (TPSA) is 96.0 Å². The van der Waals surface area contributed by atoms with E-state index in [4.69, 9.17) is 4.74 Å². The van der Waals surface area contributed by atoms with E-state index in [0.717, 1.165) is 50.2 Å². The van der Waals surface area contributed by atoms with Crippen LogP contribution in [-0.4, -0.2) is 58.7 Å². The second-order valence-electron chi connectivity index (χ2n) is 6.53. The first-order valence-corrected chi connectivity index (χ1v) is 8.56. The zero-order chi connectivity index (χ0) is 16.4. The van der Waals surface area contributed by atoms with Crippen molar-refractivity contribution in [2.75, 3.05) is 37.7 Å². The van der Waals surface area contributed by atoms with Crippen LogP contribution in [0.25, 0.3) is 11.2 Å². The minimum absolute atomic E-state index is 0.0415. The maximum absolute atomic E-state index is 12.1. The SMILES string of the molecule is O=C(NCC1CCN(c2ncnc3nc[nH]c23)CC1)C1CCOC1. The Labute approximate surface area is 140 Å². The highest BCUT2D eigenvalue weighted by atomic mass is 16.5. The summed E-state index contributed by atoms with van der Waals surface area (Å²) in [7, 11) is 0. The van der Waals surface area contributed by atoms with E-state index in [1.54, 1.807) is 12.7 Å². The molecule has 2 aromatic rings. The van der Waals surface area contributed by atoms with Gasteiger partial charge in [-0.1, -0.05) is 0 Å². The summed E-state index contributed by atoms with van der Waals surface area (Å²) in [6.45, 7) is 3.89. The van der Waals surface area contributed by atoms with Gasteiger partial charge in [0.05, 0.1) is 18.9 Å². The van der Waals surface area contributed by atoms with Gasteiger partial charge < -0.3 is 19.9 Å². The first kappa shape index (κ1) is 15.3. The predicted octanol–water partition coefficient (Wildman–Crippen LogP) is 0.722. The third kappa shape index (κ3) is 3.06. The molecule has 0 saturated carbocycles. The zero-order valence-corrected chi connectivity index (χ0v) is 13.6. The van der Waals surface area contributed by atoms with Crippen LogP contribution in [0.2, 0.25) is 0 Å². The highest BCUT2D eigenvalue weighted by Crippen LogP contribution is 2.25. The smallest absolute Gasteiger partial charge is 0.225 e. The summed E-state index contributed by atoms with van der Waals surface area (Å²) < 4.78 is 5.27. The zero-order valence-electron chi connectivity index (χ0n) is 13.6. The maximum Gasteiger partial charge on any atom is 0.225 e. The summed E-state index contributed by atoms with van der Waals surface area (Å²) in [5.74, 6) is 1.62. The van der Waals surface area contributed by atoms with Crippen LogP contribution in [0.4, 0.5) is 5.82 Å². The van der Waals surface area contributed by atoms with E-state index in [1.807, 2.05) is 0 Å². The lowest BCUT2D eigenvalue weighted by molar-refractivity contribution is -0.125. The van der Waals surface area contributed by atoms with Crippen LogP contribution < -0.4 is 10.2 Å². The molecule has 8 nitrogen and oxygen atoms in total. The molecule has 4 heterocycles. The Kier molecular flexibility index (Phi) is 4.29. The fraction of sp³-hybridized carbons (Fsp3) is 0.625. The number of carbonyl (C=O) groups excluding carboxylic acids is 1. The summed E-state index contributed by atoms with van der Waals surface area (Å²) in [6, 6.07) is 0. The molecule has 8 heteroatoms. The van der Waals surface area contributed by atoms with Gasteiger partial charge in [-0.2, -0.15) is 0 Å². The van der Waals surface area contributed by atoms with Crippen molar-refractivity contribution in [2.45, 2.75) is 19.3 Å². The molecule has 0 bridgehead atoms. The number of fused-ring (bicyclic) bond motifs is 1. The second-order valence-corrected chi connectivity index (χ2v) is 6.53. The third-order valence-electron chi connectivity index (χ3n) is 4.98. The average Bonchev–Trinajstić information content (AvgIpc) is 3.31. The summed E-state index contributed by atoms with van der Waals surface area (Å²) in [6.07, 6.45) is 6.15. The van der Waals surface area contributed by atoms with Gasteiger partial charge in [0.1, 0.15) is 11.8 Å². The summed E-state index contributed by atoms with van der Waals surface area (Å²) in [4.78, 5) is 30.2. The van der Waals surface area contributed by atoms with E-state index in [9.17, 15) is 4.79 Å². The number of nitrogens with zero attached hydrogens (tertiary/aromatic N) is 4. The summed E-state index contributed by atoms with van der Waals surface area (Å²) in [5, 5.41) is 3.10. The minimum Gasteiger partial charge on any atom is -0.381 e. The first-order chi connectivity index (χ1) is 11.8. The fourth-order valence-electron chi connectivity index (χ4n) is 3.47.